The maximum absolute atomic E-state index is 13.3. The zero-order chi connectivity index (χ0) is 26.2. The number of carbonyl (C=O) groups is 2. The molecule has 1 atom stereocenters. The number of piperidine rings is 1. The normalized spacial score (nSPS) is 16.6. The van der Waals surface area contributed by atoms with Gasteiger partial charge in [0.15, 0.2) is 17.1 Å². The van der Waals surface area contributed by atoms with Crippen LogP contribution in [0, 0.1) is 5.92 Å². The third kappa shape index (κ3) is 4.54. The average molecular weight is 520 g/mol. The van der Waals surface area contributed by atoms with Crippen LogP contribution in [-0.4, -0.2) is 61.6 Å². The third-order valence-electron chi connectivity index (χ3n) is 6.17. The van der Waals surface area contributed by atoms with E-state index >= 15 is 0 Å². The van der Waals surface area contributed by atoms with Crippen LogP contribution in [0.4, 0.5) is 5.69 Å². The van der Waals surface area contributed by atoms with Gasteiger partial charge in [0.25, 0.3) is 0 Å². The number of nitrogens with zero attached hydrogens (tertiary/aromatic N) is 2. The van der Waals surface area contributed by atoms with Crippen LogP contribution in [0.15, 0.2) is 44.4 Å². The van der Waals surface area contributed by atoms with Crippen LogP contribution in [0.3, 0.4) is 0 Å². The molecular formula is C23H25N3O9S. The number of methoxy groups -OCH3 is 2. The summed E-state index contributed by atoms with van der Waals surface area (Å²) in [5, 5.41) is 12.2. The highest BCUT2D eigenvalue weighted by atomic mass is 32.2. The Morgan fingerprint density at radius 3 is 2.50 bits per heavy atom. The summed E-state index contributed by atoms with van der Waals surface area (Å²) in [6.07, 6.45) is 0.845. The summed E-state index contributed by atoms with van der Waals surface area (Å²) in [7, 11) is 0.276. The number of carboxylic acids is 1. The number of ether oxygens (including phenoxy) is 2. The van der Waals surface area contributed by atoms with Gasteiger partial charge in [-0.2, -0.15) is 4.31 Å². The molecule has 2 heterocycles. The number of hydrogen-bond acceptors (Lipinski definition) is 8. The van der Waals surface area contributed by atoms with Gasteiger partial charge in [-0.3, -0.25) is 9.36 Å². The Labute approximate surface area is 206 Å². The number of rotatable bonds is 7. The number of hydrogen-bond donors (Lipinski definition) is 2. The molecule has 0 radical (unpaired) electrons. The minimum atomic E-state index is -3.99. The number of carboxylic acid groups (broad SMARTS) is 1. The Hall–Kier alpha value is -3.84. The second-order valence-electron chi connectivity index (χ2n) is 8.31. The second kappa shape index (κ2) is 9.66. The number of aromatic carboxylic acids is 1. The predicted molar refractivity (Wildman–Crippen MR) is 128 cm³/mol. The predicted octanol–water partition coefficient (Wildman–Crippen LogP) is 1.89. The van der Waals surface area contributed by atoms with Crippen LogP contribution in [-0.2, 0) is 21.9 Å². The molecule has 0 aliphatic carbocycles. The van der Waals surface area contributed by atoms with Crippen molar-refractivity contribution >= 4 is 38.7 Å². The summed E-state index contributed by atoms with van der Waals surface area (Å²) in [5.41, 5.74) is 0.414. The molecule has 1 aliphatic heterocycles. The molecule has 13 heteroatoms. The zero-order valence-corrected chi connectivity index (χ0v) is 20.6. The first kappa shape index (κ1) is 25.3. The molecule has 3 aromatic rings. The van der Waals surface area contributed by atoms with Crippen molar-refractivity contribution in [2.75, 3.05) is 32.6 Å². The Kier molecular flexibility index (Phi) is 6.78. The van der Waals surface area contributed by atoms with E-state index in [2.05, 4.69) is 5.32 Å². The number of nitrogens with one attached hydrogen (secondary N) is 1. The van der Waals surface area contributed by atoms with Crippen LogP contribution in [0.5, 0.6) is 11.5 Å². The van der Waals surface area contributed by atoms with E-state index < -0.39 is 33.6 Å². The van der Waals surface area contributed by atoms with Gasteiger partial charge < -0.3 is 24.3 Å². The lowest BCUT2D eigenvalue weighted by molar-refractivity contribution is -0.120. The Bertz CT molecular complexity index is 1510. The molecule has 192 valence electrons. The topological polar surface area (TPSA) is 157 Å². The molecule has 12 nitrogen and oxygen atoms in total. The molecule has 4 rings (SSSR count). The van der Waals surface area contributed by atoms with E-state index in [0.717, 1.165) is 0 Å². The Morgan fingerprint density at radius 1 is 1.14 bits per heavy atom. The molecule has 0 spiro atoms. The molecule has 0 unspecified atom stereocenters. The van der Waals surface area contributed by atoms with Gasteiger partial charge in [0, 0.05) is 38.3 Å². The monoisotopic (exact) mass is 519 g/mol. The van der Waals surface area contributed by atoms with Gasteiger partial charge in [-0.05, 0) is 25.0 Å². The summed E-state index contributed by atoms with van der Waals surface area (Å²) in [6, 6.07) is 6.76. The minimum absolute atomic E-state index is 0.00897. The van der Waals surface area contributed by atoms with Crippen molar-refractivity contribution in [2.45, 2.75) is 17.7 Å². The summed E-state index contributed by atoms with van der Waals surface area (Å²) >= 11 is 0. The van der Waals surface area contributed by atoms with Gasteiger partial charge in [-0.15, -0.1) is 0 Å². The Morgan fingerprint density at radius 2 is 1.83 bits per heavy atom. The van der Waals surface area contributed by atoms with Crippen molar-refractivity contribution in [2.24, 2.45) is 13.0 Å². The van der Waals surface area contributed by atoms with Gasteiger partial charge in [0.05, 0.1) is 41.8 Å². The lowest BCUT2D eigenvalue weighted by Gasteiger charge is -2.31. The minimum Gasteiger partial charge on any atom is -0.493 e. The highest BCUT2D eigenvalue weighted by molar-refractivity contribution is 7.89. The maximum atomic E-state index is 13.3. The molecular weight excluding hydrogens is 494 g/mol. The SMILES string of the molecule is COc1cc(NC(=O)[C@H]2CCCN(S(=O)(=O)c3ccc4c(c3)oc(=O)n4C)C2)c(C(=O)O)cc1OC. The summed E-state index contributed by atoms with van der Waals surface area (Å²) in [5.74, 6) is -2.70. The van der Waals surface area contributed by atoms with Gasteiger partial charge in [0.1, 0.15) is 0 Å². The van der Waals surface area contributed by atoms with E-state index in [9.17, 15) is 27.9 Å². The summed E-state index contributed by atoms with van der Waals surface area (Å²) < 4.78 is 44.5. The molecule has 1 saturated heterocycles. The van der Waals surface area contributed by atoms with E-state index in [4.69, 9.17) is 13.9 Å². The summed E-state index contributed by atoms with van der Waals surface area (Å²) in [6.45, 7) is 0.111. The number of anilines is 1. The van der Waals surface area contributed by atoms with Crippen LogP contribution in [0.2, 0.25) is 0 Å². The first-order valence-corrected chi connectivity index (χ1v) is 12.4. The first-order valence-electron chi connectivity index (χ1n) is 11.0. The van der Waals surface area contributed by atoms with Crippen molar-refractivity contribution < 1.29 is 37.0 Å². The van der Waals surface area contributed by atoms with Crippen molar-refractivity contribution in [3.63, 3.8) is 0 Å². The number of aromatic nitrogens is 1. The van der Waals surface area contributed by atoms with Crippen LogP contribution >= 0.6 is 0 Å². The number of sulfonamides is 1. The lowest BCUT2D eigenvalue weighted by atomic mass is 9.98. The fourth-order valence-corrected chi connectivity index (χ4v) is 5.73. The van der Waals surface area contributed by atoms with Gasteiger partial charge >= 0.3 is 11.7 Å². The molecule has 36 heavy (non-hydrogen) atoms. The highest BCUT2D eigenvalue weighted by Crippen LogP contribution is 2.34. The molecule has 1 aliphatic rings. The average Bonchev–Trinajstić information content (AvgIpc) is 3.16. The smallest absolute Gasteiger partial charge is 0.419 e. The van der Waals surface area contributed by atoms with Crippen LogP contribution < -0.4 is 20.5 Å². The van der Waals surface area contributed by atoms with E-state index in [1.165, 1.54) is 60.5 Å². The van der Waals surface area contributed by atoms with Crippen LogP contribution in [0.1, 0.15) is 23.2 Å². The zero-order valence-electron chi connectivity index (χ0n) is 19.8. The number of aryl methyl sites for hydroxylation is 1. The third-order valence-corrected chi connectivity index (χ3v) is 8.03. The lowest BCUT2D eigenvalue weighted by Crippen LogP contribution is -2.43. The standard InChI is InChI=1S/C23H25N3O9S/c1-25-17-7-6-14(9-18(17)35-23(25)30)36(31,32)26-8-4-5-13(12-26)21(27)24-16-11-20(34-3)19(33-2)10-15(16)22(28)29/h6-7,9-11,13H,4-5,8,12H2,1-3H3,(H,24,27)(H,28,29)/t13-/m0/s1. The first-order chi connectivity index (χ1) is 17.1. The van der Waals surface area contributed by atoms with Crippen molar-refractivity contribution in [3.05, 3.63) is 46.4 Å². The van der Waals surface area contributed by atoms with Crippen molar-refractivity contribution in [1.29, 1.82) is 0 Å². The van der Waals surface area contributed by atoms with E-state index in [0.29, 0.717) is 18.4 Å². The number of benzene rings is 2. The Balaban J connectivity index is 1.57. The van der Waals surface area contributed by atoms with E-state index in [1.807, 2.05) is 0 Å². The van der Waals surface area contributed by atoms with Gasteiger partial charge in [-0.25, -0.2) is 18.0 Å². The molecule has 1 fully saturated rings. The molecule has 1 aromatic heterocycles. The number of amides is 1. The second-order valence-corrected chi connectivity index (χ2v) is 10.2. The molecule has 2 N–H and O–H groups in total. The molecule has 1 amide bonds. The van der Waals surface area contributed by atoms with Crippen LogP contribution in [0.25, 0.3) is 11.1 Å². The van der Waals surface area contributed by atoms with E-state index in [-0.39, 0.29) is 46.3 Å². The summed E-state index contributed by atoms with van der Waals surface area (Å²) in [4.78, 5) is 36.5. The highest BCUT2D eigenvalue weighted by Gasteiger charge is 2.34. The molecule has 0 saturated carbocycles. The van der Waals surface area contributed by atoms with Gasteiger partial charge in [-0.1, -0.05) is 0 Å². The maximum Gasteiger partial charge on any atom is 0.419 e. The van der Waals surface area contributed by atoms with Crippen molar-refractivity contribution in [1.82, 2.24) is 8.87 Å². The van der Waals surface area contributed by atoms with E-state index in [1.54, 1.807) is 0 Å². The molecule has 0 bridgehead atoms. The van der Waals surface area contributed by atoms with Gasteiger partial charge in [0.2, 0.25) is 15.9 Å². The largest absolute Gasteiger partial charge is 0.493 e. The van der Waals surface area contributed by atoms with Crippen molar-refractivity contribution in [3.8, 4) is 11.5 Å². The fraction of sp³-hybridized carbons (Fsp3) is 0.348. The molecule has 2 aromatic carbocycles. The number of fused-ring (bicyclic) bond motifs is 1. The number of carbonyl (C=O) groups excluding carboxylic acids is 1. The fourth-order valence-electron chi connectivity index (χ4n) is 4.19. The number of oxazole rings is 1. The quantitative estimate of drug-likeness (QED) is 0.475.